The number of rotatable bonds is 3. The van der Waals surface area contributed by atoms with E-state index in [1.54, 1.807) is 18.2 Å². The van der Waals surface area contributed by atoms with Crippen LogP contribution >= 0.6 is 11.6 Å². The molecule has 1 aromatic carbocycles. The van der Waals surface area contributed by atoms with Gasteiger partial charge in [0.1, 0.15) is 5.75 Å². The summed E-state index contributed by atoms with van der Waals surface area (Å²) in [4.78, 5) is 12.1. The van der Waals surface area contributed by atoms with Crippen molar-refractivity contribution in [2.45, 2.75) is 32.1 Å². The van der Waals surface area contributed by atoms with Crippen LogP contribution in [0.15, 0.2) is 23.3 Å². The van der Waals surface area contributed by atoms with Gasteiger partial charge in [-0.05, 0) is 43.9 Å². The standard InChI is InChI=1S/C14H17ClN2O2/c1-19-13-8-7-10(15)9-12(13)14(18)17-16-11-5-3-2-4-6-11/h7-9H,2-6H2,1H3,(H,17,18). The molecule has 1 fully saturated rings. The number of nitrogens with one attached hydrogen (secondary N) is 1. The van der Waals surface area contributed by atoms with Gasteiger partial charge in [0, 0.05) is 10.7 Å². The van der Waals surface area contributed by atoms with Crippen LogP contribution in [0.3, 0.4) is 0 Å². The Morgan fingerprint density at radius 3 is 2.74 bits per heavy atom. The molecule has 1 aliphatic rings. The molecule has 0 spiro atoms. The van der Waals surface area contributed by atoms with Crippen LogP contribution in [0.1, 0.15) is 42.5 Å². The third kappa shape index (κ3) is 3.70. The minimum Gasteiger partial charge on any atom is -0.496 e. The van der Waals surface area contributed by atoms with Crippen LogP contribution in [0.2, 0.25) is 5.02 Å². The van der Waals surface area contributed by atoms with Gasteiger partial charge in [0.25, 0.3) is 5.91 Å². The first-order valence-corrected chi connectivity index (χ1v) is 6.78. The number of methoxy groups -OCH3 is 1. The van der Waals surface area contributed by atoms with Crippen molar-refractivity contribution in [2.75, 3.05) is 7.11 Å². The maximum Gasteiger partial charge on any atom is 0.275 e. The smallest absolute Gasteiger partial charge is 0.275 e. The monoisotopic (exact) mass is 280 g/mol. The zero-order valence-electron chi connectivity index (χ0n) is 10.9. The fourth-order valence-electron chi connectivity index (χ4n) is 2.12. The molecule has 1 N–H and O–H groups in total. The van der Waals surface area contributed by atoms with Crippen molar-refractivity contribution in [3.63, 3.8) is 0 Å². The number of carbonyl (C=O) groups excluding carboxylic acids is 1. The molecular weight excluding hydrogens is 264 g/mol. The van der Waals surface area contributed by atoms with E-state index in [0.717, 1.165) is 31.4 Å². The highest BCUT2D eigenvalue weighted by Gasteiger charge is 2.13. The summed E-state index contributed by atoms with van der Waals surface area (Å²) in [5.74, 6) is 0.197. The largest absolute Gasteiger partial charge is 0.496 e. The summed E-state index contributed by atoms with van der Waals surface area (Å²) in [7, 11) is 1.52. The van der Waals surface area contributed by atoms with Crippen molar-refractivity contribution >= 4 is 23.2 Å². The summed E-state index contributed by atoms with van der Waals surface area (Å²) < 4.78 is 5.15. The molecule has 0 unspecified atom stereocenters. The van der Waals surface area contributed by atoms with Gasteiger partial charge in [0.2, 0.25) is 0 Å². The molecule has 0 atom stereocenters. The molecule has 0 heterocycles. The van der Waals surface area contributed by atoms with Crippen LogP contribution in [-0.4, -0.2) is 18.7 Å². The van der Waals surface area contributed by atoms with Gasteiger partial charge >= 0.3 is 0 Å². The number of ether oxygens (including phenoxy) is 1. The minimum atomic E-state index is -0.294. The molecule has 19 heavy (non-hydrogen) atoms. The van der Waals surface area contributed by atoms with Crippen molar-refractivity contribution < 1.29 is 9.53 Å². The lowest BCUT2D eigenvalue weighted by molar-refractivity contribution is 0.0951. The average molecular weight is 281 g/mol. The Bertz CT molecular complexity index is 492. The second kappa shape index (κ2) is 6.57. The number of hydrazone groups is 1. The Balaban J connectivity index is 2.09. The van der Waals surface area contributed by atoms with Crippen molar-refractivity contribution in [1.29, 1.82) is 0 Å². The Morgan fingerprint density at radius 1 is 1.32 bits per heavy atom. The van der Waals surface area contributed by atoms with Crippen LogP contribution < -0.4 is 10.2 Å². The fraction of sp³-hybridized carbons (Fsp3) is 0.429. The number of hydrogen-bond donors (Lipinski definition) is 1. The van der Waals surface area contributed by atoms with Crippen LogP contribution in [0, 0.1) is 0 Å². The van der Waals surface area contributed by atoms with E-state index in [-0.39, 0.29) is 5.91 Å². The Labute approximate surface area is 117 Å². The highest BCUT2D eigenvalue weighted by atomic mass is 35.5. The van der Waals surface area contributed by atoms with Crippen molar-refractivity contribution in [3.8, 4) is 5.75 Å². The molecule has 0 aromatic heterocycles. The summed E-state index contributed by atoms with van der Waals surface area (Å²) in [6.45, 7) is 0. The Morgan fingerprint density at radius 2 is 2.05 bits per heavy atom. The first kappa shape index (κ1) is 13.9. The van der Waals surface area contributed by atoms with Crippen molar-refractivity contribution in [3.05, 3.63) is 28.8 Å². The predicted molar refractivity (Wildman–Crippen MR) is 76.0 cm³/mol. The number of hydrogen-bond acceptors (Lipinski definition) is 3. The van der Waals surface area contributed by atoms with Crippen LogP contribution in [0.4, 0.5) is 0 Å². The van der Waals surface area contributed by atoms with E-state index in [9.17, 15) is 4.79 Å². The second-order valence-electron chi connectivity index (χ2n) is 4.52. The summed E-state index contributed by atoms with van der Waals surface area (Å²) >= 11 is 5.90. The molecule has 2 rings (SSSR count). The Hall–Kier alpha value is -1.55. The van der Waals surface area contributed by atoms with Gasteiger partial charge in [0.05, 0.1) is 12.7 Å². The molecule has 102 valence electrons. The van der Waals surface area contributed by atoms with E-state index in [2.05, 4.69) is 10.5 Å². The van der Waals surface area contributed by atoms with Gasteiger partial charge in [-0.1, -0.05) is 18.0 Å². The molecule has 1 saturated carbocycles. The van der Waals surface area contributed by atoms with Gasteiger partial charge in [0.15, 0.2) is 0 Å². The van der Waals surface area contributed by atoms with Gasteiger partial charge in [-0.3, -0.25) is 4.79 Å². The lowest BCUT2D eigenvalue weighted by Crippen LogP contribution is -2.21. The number of carbonyl (C=O) groups is 1. The first-order chi connectivity index (χ1) is 9.20. The van der Waals surface area contributed by atoms with Gasteiger partial charge in [-0.2, -0.15) is 5.10 Å². The number of nitrogens with zero attached hydrogens (tertiary/aromatic N) is 1. The third-order valence-corrected chi connectivity index (χ3v) is 3.39. The summed E-state index contributed by atoms with van der Waals surface area (Å²) in [6, 6.07) is 4.94. The minimum absolute atomic E-state index is 0.294. The number of halogens is 1. The second-order valence-corrected chi connectivity index (χ2v) is 4.96. The SMILES string of the molecule is COc1ccc(Cl)cc1C(=O)NN=C1CCCCC1. The normalized spacial score (nSPS) is 14.9. The molecule has 4 nitrogen and oxygen atoms in total. The van der Waals surface area contributed by atoms with E-state index >= 15 is 0 Å². The molecule has 0 aliphatic heterocycles. The van der Waals surface area contributed by atoms with E-state index in [4.69, 9.17) is 16.3 Å². The predicted octanol–water partition coefficient (Wildman–Crippen LogP) is 3.40. The first-order valence-electron chi connectivity index (χ1n) is 6.40. The topological polar surface area (TPSA) is 50.7 Å². The van der Waals surface area contributed by atoms with Crippen LogP contribution in [0.25, 0.3) is 0 Å². The zero-order valence-corrected chi connectivity index (χ0v) is 11.7. The summed E-state index contributed by atoms with van der Waals surface area (Å²) in [5, 5.41) is 4.68. The molecule has 0 saturated heterocycles. The van der Waals surface area contributed by atoms with E-state index in [1.807, 2.05) is 0 Å². The molecule has 0 radical (unpaired) electrons. The van der Waals surface area contributed by atoms with E-state index < -0.39 is 0 Å². The molecule has 1 amide bonds. The molecule has 5 heteroatoms. The summed E-state index contributed by atoms with van der Waals surface area (Å²) in [5.41, 5.74) is 4.04. The van der Waals surface area contributed by atoms with Crippen molar-refractivity contribution in [2.24, 2.45) is 5.10 Å². The van der Waals surface area contributed by atoms with E-state index in [1.165, 1.54) is 13.5 Å². The van der Waals surface area contributed by atoms with Crippen LogP contribution in [0.5, 0.6) is 5.75 Å². The third-order valence-electron chi connectivity index (χ3n) is 3.15. The maximum atomic E-state index is 12.1. The lowest BCUT2D eigenvalue weighted by Gasteiger charge is -2.12. The van der Waals surface area contributed by atoms with Gasteiger partial charge in [-0.15, -0.1) is 0 Å². The molecule has 1 aromatic rings. The molecular formula is C14H17ClN2O2. The van der Waals surface area contributed by atoms with Crippen molar-refractivity contribution in [1.82, 2.24) is 5.43 Å². The molecule has 0 bridgehead atoms. The number of amides is 1. The fourth-order valence-corrected chi connectivity index (χ4v) is 2.29. The number of benzene rings is 1. The highest BCUT2D eigenvalue weighted by Crippen LogP contribution is 2.22. The quantitative estimate of drug-likeness (QED) is 0.863. The Kier molecular flexibility index (Phi) is 4.80. The molecule has 1 aliphatic carbocycles. The average Bonchev–Trinajstić information content (AvgIpc) is 2.46. The van der Waals surface area contributed by atoms with Gasteiger partial charge in [-0.25, -0.2) is 5.43 Å². The zero-order chi connectivity index (χ0) is 13.7. The lowest BCUT2D eigenvalue weighted by atomic mass is 9.99. The van der Waals surface area contributed by atoms with Gasteiger partial charge < -0.3 is 4.74 Å². The van der Waals surface area contributed by atoms with Crippen LogP contribution in [-0.2, 0) is 0 Å². The van der Waals surface area contributed by atoms with E-state index in [0.29, 0.717) is 16.3 Å². The summed E-state index contributed by atoms with van der Waals surface area (Å²) in [6.07, 6.45) is 5.47. The highest BCUT2D eigenvalue weighted by molar-refractivity contribution is 6.31. The maximum absolute atomic E-state index is 12.1.